The minimum Gasteiger partial charge on any atom is -0.461 e. The maximum atomic E-state index is 10.7. The van der Waals surface area contributed by atoms with Crippen LogP contribution in [0.2, 0.25) is 0 Å². The molecule has 0 aliphatic carbocycles. The van der Waals surface area contributed by atoms with E-state index in [-0.39, 0.29) is 17.5 Å². The van der Waals surface area contributed by atoms with Gasteiger partial charge in [-0.3, -0.25) is 4.79 Å². The first-order chi connectivity index (χ1) is 4.58. The predicted molar refractivity (Wildman–Crippen MR) is 37.1 cm³/mol. The molecule has 2 unspecified atom stereocenters. The number of hydrogen-bond donors (Lipinski definition) is 0. The van der Waals surface area contributed by atoms with Crippen LogP contribution in [0.25, 0.3) is 0 Å². The fraction of sp³-hybridized carbons (Fsp3) is 0.625. The van der Waals surface area contributed by atoms with Gasteiger partial charge in [-0.05, 0) is 13.8 Å². The Morgan fingerprint density at radius 1 is 1.90 bits per heavy atom. The molecular formula is C8H10O2. The zero-order chi connectivity index (χ0) is 7.78. The van der Waals surface area contributed by atoms with E-state index < -0.39 is 0 Å². The fourth-order valence-electron chi connectivity index (χ4n) is 0.981. The summed E-state index contributed by atoms with van der Waals surface area (Å²) in [5.41, 5.74) is -0.378. The van der Waals surface area contributed by atoms with Crippen molar-refractivity contribution >= 4 is 5.97 Å². The summed E-state index contributed by atoms with van der Waals surface area (Å²) in [4.78, 5) is 10.7. The SMILES string of the molecule is C#CC1(C)CC(=O)OC1C. The average Bonchev–Trinajstić information content (AvgIpc) is 2.09. The summed E-state index contributed by atoms with van der Waals surface area (Å²) in [7, 11) is 0. The molecule has 0 spiro atoms. The van der Waals surface area contributed by atoms with Crippen molar-refractivity contribution in [3.05, 3.63) is 0 Å². The van der Waals surface area contributed by atoms with Crippen LogP contribution in [0.15, 0.2) is 0 Å². The van der Waals surface area contributed by atoms with Gasteiger partial charge in [0.15, 0.2) is 0 Å². The van der Waals surface area contributed by atoms with Crippen molar-refractivity contribution in [2.24, 2.45) is 5.41 Å². The third-order valence-corrected chi connectivity index (χ3v) is 2.05. The number of rotatable bonds is 0. The van der Waals surface area contributed by atoms with E-state index in [0.717, 1.165) is 0 Å². The van der Waals surface area contributed by atoms with Crippen molar-refractivity contribution in [3.63, 3.8) is 0 Å². The minimum atomic E-state index is -0.378. The van der Waals surface area contributed by atoms with Crippen LogP contribution in [0.1, 0.15) is 20.3 Å². The molecule has 0 amide bonds. The highest BCUT2D eigenvalue weighted by Crippen LogP contribution is 2.33. The highest BCUT2D eigenvalue weighted by atomic mass is 16.5. The number of carbonyl (C=O) groups excluding carboxylic acids is 1. The highest BCUT2D eigenvalue weighted by molar-refractivity contribution is 5.73. The van der Waals surface area contributed by atoms with E-state index in [1.165, 1.54) is 0 Å². The van der Waals surface area contributed by atoms with Crippen molar-refractivity contribution in [1.29, 1.82) is 0 Å². The van der Waals surface area contributed by atoms with Crippen LogP contribution in [-0.4, -0.2) is 12.1 Å². The lowest BCUT2D eigenvalue weighted by Gasteiger charge is -2.17. The quantitative estimate of drug-likeness (QED) is 0.368. The molecule has 10 heavy (non-hydrogen) atoms. The molecule has 2 heteroatoms. The van der Waals surface area contributed by atoms with Crippen molar-refractivity contribution in [2.45, 2.75) is 26.4 Å². The molecule has 1 aliphatic rings. The Bertz CT molecular complexity index is 202. The lowest BCUT2D eigenvalue weighted by Crippen LogP contribution is -2.22. The summed E-state index contributed by atoms with van der Waals surface area (Å²) in [6.45, 7) is 3.69. The van der Waals surface area contributed by atoms with Crippen molar-refractivity contribution in [1.82, 2.24) is 0 Å². The van der Waals surface area contributed by atoms with Gasteiger partial charge in [-0.1, -0.05) is 5.92 Å². The molecule has 1 heterocycles. The number of terminal acetylenes is 1. The van der Waals surface area contributed by atoms with Gasteiger partial charge in [0.1, 0.15) is 6.10 Å². The molecule has 1 fully saturated rings. The van der Waals surface area contributed by atoms with Crippen LogP contribution < -0.4 is 0 Å². The smallest absolute Gasteiger partial charge is 0.307 e. The minimum absolute atomic E-state index is 0.134. The van der Waals surface area contributed by atoms with Gasteiger partial charge in [0, 0.05) is 0 Å². The molecule has 1 aliphatic heterocycles. The second kappa shape index (κ2) is 2.02. The Balaban J connectivity index is 2.83. The molecular weight excluding hydrogens is 128 g/mol. The highest BCUT2D eigenvalue weighted by Gasteiger charge is 2.41. The van der Waals surface area contributed by atoms with Gasteiger partial charge >= 0.3 is 5.97 Å². The van der Waals surface area contributed by atoms with Crippen LogP contribution in [-0.2, 0) is 9.53 Å². The van der Waals surface area contributed by atoms with Gasteiger partial charge in [-0.2, -0.15) is 0 Å². The van der Waals surface area contributed by atoms with E-state index in [2.05, 4.69) is 5.92 Å². The summed E-state index contributed by atoms with van der Waals surface area (Å²) in [6, 6.07) is 0. The maximum Gasteiger partial charge on any atom is 0.307 e. The Morgan fingerprint density at radius 2 is 2.50 bits per heavy atom. The topological polar surface area (TPSA) is 26.3 Å². The fourth-order valence-corrected chi connectivity index (χ4v) is 0.981. The first-order valence-electron chi connectivity index (χ1n) is 3.26. The number of carbonyl (C=O) groups is 1. The van der Waals surface area contributed by atoms with E-state index in [4.69, 9.17) is 11.2 Å². The lowest BCUT2D eigenvalue weighted by molar-refractivity contribution is -0.140. The Labute approximate surface area is 60.6 Å². The molecule has 2 nitrogen and oxygen atoms in total. The van der Waals surface area contributed by atoms with Crippen molar-refractivity contribution in [2.75, 3.05) is 0 Å². The average molecular weight is 138 g/mol. The third kappa shape index (κ3) is 0.881. The summed E-state index contributed by atoms with van der Waals surface area (Å²) in [5.74, 6) is 2.39. The molecule has 0 aromatic heterocycles. The molecule has 1 saturated heterocycles. The van der Waals surface area contributed by atoms with Crippen molar-refractivity contribution in [3.8, 4) is 12.3 Å². The third-order valence-electron chi connectivity index (χ3n) is 2.05. The zero-order valence-corrected chi connectivity index (χ0v) is 6.18. The number of cyclic esters (lactones) is 1. The van der Waals surface area contributed by atoms with Gasteiger partial charge in [0.2, 0.25) is 0 Å². The lowest BCUT2D eigenvalue weighted by atomic mass is 9.85. The van der Waals surface area contributed by atoms with E-state index in [0.29, 0.717) is 6.42 Å². The summed E-state index contributed by atoms with van der Waals surface area (Å²) in [5, 5.41) is 0. The number of hydrogen-bond acceptors (Lipinski definition) is 2. The van der Waals surface area contributed by atoms with E-state index in [1.807, 2.05) is 13.8 Å². The Hall–Kier alpha value is -0.970. The summed E-state index contributed by atoms with van der Waals surface area (Å²) < 4.78 is 4.89. The molecule has 0 radical (unpaired) electrons. The van der Waals surface area contributed by atoms with Crippen molar-refractivity contribution < 1.29 is 9.53 Å². The van der Waals surface area contributed by atoms with Gasteiger partial charge in [0.25, 0.3) is 0 Å². The molecule has 0 saturated carbocycles. The van der Waals surface area contributed by atoms with Crippen LogP contribution >= 0.6 is 0 Å². The van der Waals surface area contributed by atoms with Gasteiger partial charge in [-0.25, -0.2) is 0 Å². The Morgan fingerprint density at radius 3 is 2.70 bits per heavy atom. The molecule has 2 atom stereocenters. The van der Waals surface area contributed by atoms with Gasteiger partial charge in [-0.15, -0.1) is 6.42 Å². The second-order valence-electron chi connectivity index (χ2n) is 2.87. The molecule has 0 aromatic rings. The second-order valence-corrected chi connectivity index (χ2v) is 2.87. The van der Waals surface area contributed by atoms with Gasteiger partial charge < -0.3 is 4.74 Å². The molecule has 54 valence electrons. The van der Waals surface area contributed by atoms with E-state index in [9.17, 15) is 4.79 Å². The van der Waals surface area contributed by atoms with Crippen LogP contribution in [0.4, 0.5) is 0 Å². The number of ether oxygens (including phenoxy) is 1. The van der Waals surface area contributed by atoms with Crippen LogP contribution in [0.5, 0.6) is 0 Å². The van der Waals surface area contributed by atoms with E-state index >= 15 is 0 Å². The molecule has 0 bridgehead atoms. The molecule has 1 rings (SSSR count). The summed E-state index contributed by atoms with van der Waals surface area (Å²) >= 11 is 0. The molecule has 0 aromatic carbocycles. The van der Waals surface area contributed by atoms with Gasteiger partial charge in [0.05, 0.1) is 11.8 Å². The number of esters is 1. The first kappa shape index (κ1) is 7.14. The zero-order valence-electron chi connectivity index (χ0n) is 6.18. The maximum absolute atomic E-state index is 10.7. The van der Waals surface area contributed by atoms with Crippen LogP contribution in [0, 0.1) is 17.8 Å². The summed E-state index contributed by atoms with van der Waals surface area (Å²) in [6.07, 6.45) is 5.46. The Kier molecular flexibility index (Phi) is 1.44. The largest absolute Gasteiger partial charge is 0.461 e. The van der Waals surface area contributed by atoms with Crippen LogP contribution in [0.3, 0.4) is 0 Å². The first-order valence-corrected chi connectivity index (χ1v) is 3.26. The normalized spacial score (nSPS) is 38.9. The monoisotopic (exact) mass is 138 g/mol. The standard InChI is InChI=1S/C8H10O2/c1-4-8(3)5-7(9)10-6(8)2/h1,6H,5H2,2-3H3. The predicted octanol–water partition coefficient (Wildman–Crippen LogP) is 0.961. The molecule has 0 N–H and O–H groups in total. The van der Waals surface area contributed by atoms with E-state index in [1.54, 1.807) is 0 Å².